The summed E-state index contributed by atoms with van der Waals surface area (Å²) in [5, 5.41) is 3.22. The maximum Gasteiger partial charge on any atom is 0.401 e. The van der Waals surface area contributed by atoms with Crippen molar-refractivity contribution in [2.75, 3.05) is 19.6 Å². The monoisotopic (exact) mass is 224 g/mol. The predicted octanol–water partition coefficient (Wildman–Crippen LogP) is 2.01. The molecule has 0 aromatic carbocycles. The van der Waals surface area contributed by atoms with Crippen LogP contribution in [0.1, 0.15) is 26.7 Å². The lowest BCUT2D eigenvalue weighted by atomic mass is 10.2. The van der Waals surface area contributed by atoms with E-state index in [0.717, 1.165) is 19.4 Å². The van der Waals surface area contributed by atoms with Crippen LogP contribution in [0.15, 0.2) is 0 Å². The zero-order valence-corrected chi connectivity index (χ0v) is 9.27. The number of hydrogen-bond acceptors (Lipinski definition) is 2. The van der Waals surface area contributed by atoms with Gasteiger partial charge in [-0.2, -0.15) is 13.2 Å². The first-order chi connectivity index (χ1) is 6.88. The molecule has 1 heterocycles. The molecule has 1 atom stereocenters. The molecule has 5 heteroatoms. The molecule has 1 unspecified atom stereocenters. The van der Waals surface area contributed by atoms with Gasteiger partial charge in [-0.25, -0.2) is 0 Å². The smallest absolute Gasteiger partial charge is 0.313 e. The Morgan fingerprint density at radius 1 is 1.40 bits per heavy atom. The molecular formula is C10H19F3N2. The molecule has 1 N–H and O–H groups in total. The van der Waals surface area contributed by atoms with Crippen molar-refractivity contribution in [3.05, 3.63) is 0 Å². The van der Waals surface area contributed by atoms with Gasteiger partial charge in [0.1, 0.15) is 0 Å². The lowest BCUT2D eigenvalue weighted by Crippen LogP contribution is -2.45. The summed E-state index contributed by atoms with van der Waals surface area (Å²) in [6.45, 7) is 4.24. The van der Waals surface area contributed by atoms with E-state index in [2.05, 4.69) is 5.32 Å². The Bertz CT molecular complexity index is 186. The molecule has 0 amide bonds. The average molecular weight is 224 g/mol. The lowest BCUT2D eigenvalue weighted by Gasteiger charge is -2.29. The van der Waals surface area contributed by atoms with Gasteiger partial charge in [-0.15, -0.1) is 0 Å². The molecule has 0 aliphatic carbocycles. The van der Waals surface area contributed by atoms with E-state index in [1.54, 1.807) is 13.8 Å². The fourth-order valence-corrected chi connectivity index (χ4v) is 1.88. The summed E-state index contributed by atoms with van der Waals surface area (Å²) in [4.78, 5) is 1.49. The van der Waals surface area contributed by atoms with Crippen molar-refractivity contribution in [3.63, 3.8) is 0 Å². The summed E-state index contributed by atoms with van der Waals surface area (Å²) in [6.07, 6.45) is -2.04. The average Bonchev–Trinajstić information content (AvgIpc) is 2.52. The molecule has 90 valence electrons. The van der Waals surface area contributed by atoms with Gasteiger partial charge in [-0.1, -0.05) is 0 Å². The predicted molar refractivity (Wildman–Crippen MR) is 53.8 cm³/mol. The first kappa shape index (κ1) is 12.8. The van der Waals surface area contributed by atoms with Gasteiger partial charge in [-0.3, -0.25) is 4.90 Å². The van der Waals surface area contributed by atoms with Crippen molar-refractivity contribution < 1.29 is 13.2 Å². The van der Waals surface area contributed by atoms with E-state index in [1.165, 1.54) is 4.90 Å². The summed E-state index contributed by atoms with van der Waals surface area (Å²) < 4.78 is 36.8. The number of hydrogen-bond donors (Lipinski definition) is 1. The highest BCUT2D eigenvalue weighted by Gasteiger charge is 2.33. The van der Waals surface area contributed by atoms with E-state index in [1.807, 2.05) is 0 Å². The first-order valence-electron chi connectivity index (χ1n) is 5.42. The van der Waals surface area contributed by atoms with Crippen LogP contribution in [0.25, 0.3) is 0 Å². The Balaban J connectivity index is 2.42. The third-order valence-corrected chi connectivity index (χ3v) is 2.73. The highest BCUT2D eigenvalue weighted by atomic mass is 19.4. The standard InChI is InChI=1S/C10H19F3N2/c1-8(2)15(7-10(11,12)13)6-9-4-3-5-14-9/h8-9,14H,3-7H2,1-2H3. The van der Waals surface area contributed by atoms with Crippen LogP contribution < -0.4 is 5.32 Å². The van der Waals surface area contributed by atoms with E-state index < -0.39 is 12.7 Å². The molecule has 1 aliphatic heterocycles. The fraction of sp³-hybridized carbons (Fsp3) is 1.00. The number of rotatable bonds is 4. The molecule has 2 nitrogen and oxygen atoms in total. The van der Waals surface area contributed by atoms with Gasteiger partial charge in [0.2, 0.25) is 0 Å². The van der Waals surface area contributed by atoms with Crippen LogP contribution in [0, 0.1) is 0 Å². The van der Waals surface area contributed by atoms with E-state index in [4.69, 9.17) is 0 Å². The van der Waals surface area contributed by atoms with Gasteiger partial charge in [-0.05, 0) is 33.2 Å². The molecule has 0 spiro atoms. The molecule has 15 heavy (non-hydrogen) atoms. The zero-order valence-electron chi connectivity index (χ0n) is 9.27. The SMILES string of the molecule is CC(C)N(CC1CCCN1)CC(F)(F)F. The summed E-state index contributed by atoms with van der Waals surface area (Å²) in [5.41, 5.74) is 0. The van der Waals surface area contributed by atoms with Crippen LogP contribution in [0.3, 0.4) is 0 Å². The van der Waals surface area contributed by atoms with E-state index in [9.17, 15) is 13.2 Å². The van der Waals surface area contributed by atoms with Crippen LogP contribution >= 0.6 is 0 Å². The van der Waals surface area contributed by atoms with Crippen molar-refractivity contribution in [1.82, 2.24) is 10.2 Å². The molecule has 1 fully saturated rings. The van der Waals surface area contributed by atoms with Crippen molar-refractivity contribution in [2.45, 2.75) is 44.9 Å². The van der Waals surface area contributed by atoms with Gasteiger partial charge < -0.3 is 5.32 Å². The van der Waals surface area contributed by atoms with Crippen molar-refractivity contribution in [2.24, 2.45) is 0 Å². The molecule has 0 aromatic heterocycles. The zero-order chi connectivity index (χ0) is 11.5. The van der Waals surface area contributed by atoms with Crippen LogP contribution in [0.5, 0.6) is 0 Å². The van der Waals surface area contributed by atoms with Crippen molar-refractivity contribution in [1.29, 1.82) is 0 Å². The quantitative estimate of drug-likeness (QED) is 0.786. The van der Waals surface area contributed by atoms with Crippen LogP contribution in [-0.2, 0) is 0 Å². The molecular weight excluding hydrogens is 205 g/mol. The summed E-state index contributed by atoms with van der Waals surface area (Å²) in [5.74, 6) is 0. The van der Waals surface area contributed by atoms with E-state index >= 15 is 0 Å². The number of nitrogens with zero attached hydrogens (tertiary/aromatic N) is 1. The number of halogens is 3. The maximum absolute atomic E-state index is 12.3. The minimum atomic E-state index is -4.09. The van der Waals surface area contributed by atoms with E-state index in [-0.39, 0.29) is 12.1 Å². The third kappa shape index (κ3) is 4.84. The Morgan fingerprint density at radius 3 is 2.47 bits per heavy atom. The highest BCUT2D eigenvalue weighted by molar-refractivity contribution is 4.80. The normalized spacial score (nSPS) is 23.0. The second-order valence-electron chi connectivity index (χ2n) is 4.43. The summed E-state index contributed by atoms with van der Waals surface area (Å²) in [6, 6.07) is 0.170. The van der Waals surface area contributed by atoms with E-state index in [0.29, 0.717) is 6.54 Å². The minimum Gasteiger partial charge on any atom is -0.313 e. The van der Waals surface area contributed by atoms with Crippen molar-refractivity contribution in [3.8, 4) is 0 Å². The van der Waals surface area contributed by atoms with Crippen molar-refractivity contribution >= 4 is 0 Å². The highest BCUT2D eigenvalue weighted by Crippen LogP contribution is 2.19. The Kier molecular flexibility index (Phi) is 4.40. The first-order valence-corrected chi connectivity index (χ1v) is 5.42. The van der Waals surface area contributed by atoms with Crippen LogP contribution in [0.4, 0.5) is 13.2 Å². The molecule has 0 saturated carbocycles. The van der Waals surface area contributed by atoms with Crippen LogP contribution in [0.2, 0.25) is 0 Å². The maximum atomic E-state index is 12.3. The lowest BCUT2D eigenvalue weighted by molar-refractivity contribution is -0.150. The molecule has 0 aromatic rings. The molecule has 1 saturated heterocycles. The summed E-state index contributed by atoms with van der Waals surface area (Å²) in [7, 11) is 0. The summed E-state index contributed by atoms with van der Waals surface area (Å²) >= 11 is 0. The Labute approximate surface area is 88.8 Å². The van der Waals surface area contributed by atoms with Gasteiger partial charge in [0.15, 0.2) is 0 Å². The second kappa shape index (κ2) is 5.16. The fourth-order valence-electron chi connectivity index (χ4n) is 1.88. The largest absolute Gasteiger partial charge is 0.401 e. The minimum absolute atomic E-state index is 0.0611. The van der Waals surface area contributed by atoms with Gasteiger partial charge in [0.25, 0.3) is 0 Å². The number of alkyl halides is 3. The van der Waals surface area contributed by atoms with Gasteiger partial charge >= 0.3 is 6.18 Å². The topological polar surface area (TPSA) is 15.3 Å². The molecule has 1 rings (SSSR count). The Hall–Kier alpha value is -0.290. The third-order valence-electron chi connectivity index (χ3n) is 2.73. The van der Waals surface area contributed by atoms with Gasteiger partial charge in [0.05, 0.1) is 6.54 Å². The number of nitrogens with one attached hydrogen (secondary N) is 1. The van der Waals surface area contributed by atoms with Gasteiger partial charge in [0, 0.05) is 18.6 Å². The molecule has 1 aliphatic rings. The molecule has 0 bridgehead atoms. The molecule has 0 radical (unpaired) electrons. The second-order valence-corrected chi connectivity index (χ2v) is 4.43. The van der Waals surface area contributed by atoms with Crippen LogP contribution in [-0.4, -0.2) is 42.8 Å². The Morgan fingerprint density at radius 2 is 2.07 bits per heavy atom.